The zero-order chi connectivity index (χ0) is 18.1. The van der Waals surface area contributed by atoms with Gasteiger partial charge in [0.2, 0.25) is 12.7 Å². The molecule has 0 aromatic heterocycles. The quantitative estimate of drug-likeness (QED) is 0.787. The Bertz CT molecular complexity index is 725. The second-order valence-electron chi connectivity index (χ2n) is 7.17. The van der Waals surface area contributed by atoms with E-state index in [-0.39, 0.29) is 24.3 Å². The number of ether oxygens (including phenoxy) is 2. The Labute approximate surface area is 152 Å². The van der Waals surface area contributed by atoms with Gasteiger partial charge < -0.3 is 25.0 Å². The highest BCUT2D eigenvalue weighted by Crippen LogP contribution is 2.35. The summed E-state index contributed by atoms with van der Waals surface area (Å²) >= 11 is 0. The second kappa shape index (κ2) is 6.68. The molecule has 2 saturated heterocycles. The summed E-state index contributed by atoms with van der Waals surface area (Å²) in [5, 5.41) is 5.89. The molecule has 1 aromatic carbocycles. The van der Waals surface area contributed by atoms with E-state index in [1.807, 2.05) is 11.0 Å². The molecule has 2 fully saturated rings. The maximum atomic E-state index is 12.8. The minimum atomic E-state index is -0.149. The molecule has 1 aromatic rings. The van der Waals surface area contributed by atoms with Crippen molar-refractivity contribution in [2.24, 2.45) is 0 Å². The summed E-state index contributed by atoms with van der Waals surface area (Å²) < 4.78 is 10.7. The number of piperazine rings is 1. The molecule has 0 saturated carbocycles. The van der Waals surface area contributed by atoms with E-state index in [0.717, 1.165) is 19.4 Å². The van der Waals surface area contributed by atoms with E-state index in [1.54, 1.807) is 12.1 Å². The lowest BCUT2D eigenvalue weighted by Gasteiger charge is -2.49. The van der Waals surface area contributed by atoms with Gasteiger partial charge in [0.1, 0.15) is 0 Å². The topological polar surface area (TPSA) is 83.1 Å². The molecule has 26 heavy (non-hydrogen) atoms. The summed E-state index contributed by atoms with van der Waals surface area (Å²) in [7, 11) is 2.09. The van der Waals surface area contributed by atoms with Gasteiger partial charge in [0.15, 0.2) is 11.5 Å². The van der Waals surface area contributed by atoms with E-state index < -0.39 is 0 Å². The first-order valence-electron chi connectivity index (χ1n) is 8.99. The van der Waals surface area contributed by atoms with Crippen molar-refractivity contribution < 1.29 is 19.1 Å². The SMILES string of the molecule is CN1CCN(C(=O)Nc2ccc3c(c2)OCO3)C[C@]12CCNC(=O)CC2. The number of nitrogens with one attached hydrogen (secondary N) is 2. The zero-order valence-corrected chi connectivity index (χ0v) is 14.9. The van der Waals surface area contributed by atoms with Crippen LogP contribution in [0.25, 0.3) is 0 Å². The maximum Gasteiger partial charge on any atom is 0.321 e. The van der Waals surface area contributed by atoms with Gasteiger partial charge in [0, 0.05) is 49.9 Å². The molecule has 140 valence electrons. The molecule has 8 nitrogen and oxygen atoms in total. The molecular weight excluding hydrogens is 336 g/mol. The molecule has 0 aliphatic carbocycles. The van der Waals surface area contributed by atoms with E-state index in [0.29, 0.717) is 43.2 Å². The fraction of sp³-hybridized carbons (Fsp3) is 0.556. The molecule has 3 heterocycles. The summed E-state index contributed by atoms with van der Waals surface area (Å²) in [5.41, 5.74) is 0.536. The van der Waals surface area contributed by atoms with Crippen LogP contribution < -0.4 is 20.1 Å². The Hall–Kier alpha value is -2.48. The lowest BCUT2D eigenvalue weighted by molar-refractivity contribution is -0.121. The Kier molecular flexibility index (Phi) is 4.36. The van der Waals surface area contributed by atoms with Crippen molar-refractivity contribution in [2.75, 3.05) is 45.3 Å². The van der Waals surface area contributed by atoms with Crippen LogP contribution in [-0.4, -0.2) is 67.3 Å². The highest BCUT2D eigenvalue weighted by molar-refractivity contribution is 5.90. The van der Waals surface area contributed by atoms with Gasteiger partial charge in [-0.2, -0.15) is 0 Å². The first-order chi connectivity index (χ1) is 12.6. The maximum absolute atomic E-state index is 12.8. The number of hydrogen-bond acceptors (Lipinski definition) is 5. The molecule has 3 amide bonds. The number of benzene rings is 1. The average molecular weight is 360 g/mol. The predicted molar refractivity (Wildman–Crippen MR) is 95.4 cm³/mol. The van der Waals surface area contributed by atoms with Crippen LogP contribution in [0.1, 0.15) is 19.3 Å². The molecule has 0 radical (unpaired) electrons. The highest BCUT2D eigenvalue weighted by Gasteiger charge is 2.42. The first-order valence-corrected chi connectivity index (χ1v) is 8.99. The van der Waals surface area contributed by atoms with E-state index in [2.05, 4.69) is 22.6 Å². The summed E-state index contributed by atoms with van der Waals surface area (Å²) in [6.45, 7) is 2.94. The molecule has 0 unspecified atom stereocenters. The number of carbonyl (C=O) groups excluding carboxylic acids is 2. The number of carbonyl (C=O) groups is 2. The van der Waals surface area contributed by atoms with E-state index in [9.17, 15) is 9.59 Å². The number of hydrogen-bond donors (Lipinski definition) is 2. The third-order valence-electron chi connectivity index (χ3n) is 5.64. The smallest absolute Gasteiger partial charge is 0.321 e. The largest absolute Gasteiger partial charge is 0.454 e. The molecular formula is C18H24N4O4. The average Bonchev–Trinajstić information content (AvgIpc) is 3.01. The zero-order valence-electron chi connectivity index (χ0n) is 14.9. The van der Waals surface area contributed by atoms with Gasteiger partial charge in [0.25, 0.3) is 0 Å². The number of rotatable bonds is 1. The molecule has 3 aliphatic heterocycles. The standard InChI is InChI=1S/C18H24N4O4/c1-21-8-9-22(11-18(21)5-4-16(23)19-7-6-18)17(24)20-13-2-3-14-15(10-13)26-12-25-14/h2-3,10H,4-9,11-12H2,1H3,(H,19,23)(H,20,24)/t18-/m0/s1. The Balaban J connectivity index is 1.45. The van der Waals surface area contributed by atoms with Crippen LogP contribution in [0.5, 0.6) is 11.5 Å². The number of likely N-dealkylation sites (N-methyl/N-ethyl adjacent to an activating group) is 1. The van der Waals surface area contributed by atoms with Crippen LogP contribution in [0.4, 0.5) is 10.5 Å². The van der Waals surface area contributed by atoms with Crippen LogP contribution in [0.2, 0.25) is 0 Å². The van der Waals surface area contributed by atoms with E-state index in [1.165, 1.54) is 0 Å². The lowest BCUT2D eigenvalue weighted by Crippen LogP contribution is -2.62. The van der Waals surface area contributed by atoms with Gasteiger partial charge in [-0.3, -0.25) is 9.69 Å². The Morgan fingerprint density at radius 1 is 1.23 bits per heavy atom. The van der Waals surface area contributed by atoms with Crippen molar-refractivity contribution in [2.45, 2.75) is 24.8 Å². The fourth-order valence-corrected chi connectivity index (χ4v) is 3.95. The normalized spacial score (nSPS) is 25.7. The van der Waals surface area contributed by atoms with Gasteiger partial charge in [-0.15, -0.1) is 0 Å². The second-order valence-corrected chi connectivity index (χ2v) is 7.17. The highest BCUT2D eigenvalue weighted by atomic mass is 16.7. The number of fused-ring (bicyclic) bond motifs is 1. The van der Waals surface area contributed by atoms with Crippen molar-refractivity contribution >= 4 is 17.6 Å². The van der Waals surface area contributed by atoms with Gasteiger partial charge in [-0.25, -0.2) is 4.79 Å². The van der Waals surface area contributed by atoms with Crippen LogP contribution >= 0.6 is 0 Å². The Morgan fingerprint density at radius 2 is 2.08 bits per heavy atom. The Morgan fingerprint density at radius 3 is 2.96 bits per heavy atom. The molecule has 8 heteroatoms. The van der Waals surface area contributed by atoms with Crippen LogP contribution in [0, 0.1) is 0 Å². The van der Waals surface area contributed by atoms with Crippen molar-refractivity contribution in [1.29, 1.82) is 0 Å². The molecule has 2 N–H and O–H groups in total. The molecule has 3 aliphatic rings. The van der Waals surface area contributed by atoms with E-state index >= 15 is 0 Å². The number of amides is 3. The molecule has 1 atom stereocenters. The fourth-order valence-electron chi connectivity index (χ4n) is 3.95. The number of nitrogens with zero attached hydrogens (tertiary/aromatic N) is 2. The summed E-state index contributed by atoms with van der Waals surface area (Å²) in [6, 6.07) is 5.26. The summed E-state index contributed by atoms with van der Waals surface area (Å²) in [4.78, 5) is 28.7. The summed E-state index contributed by atoms with van der Waals surface area (Å²) in [6.07, 6.45) is 2.12. The van der Waals surface area contributed by atoms with E-state index in [4.69, 9.17) is 9.47 Å². The van der Waals surface area contributed by atoms with Gasteiger partial charge >= 0.3 is 6.03 Å². The number of anilines is 1. The van der Waals surface area contributed by atoms with Gasteiger partial charge in [0.05, 0.1) is 0 Å². The third-order valence-corrected chi connectivity index (χ3v) is 5.64. The van der Waals surface area contributed by atoms with Crippen molar-refractivity contribution in [3.05, 3.63) is 18.2 Å². The third kappa shape index (κ3) is 3.16. The minimum absolute atomic E-state index is 0.0946. The van der Waals surface area contributed by atoms with Crippen molar-refractivity contribution in [1.82, 2.24) is 15.1 Å². The predicted octanol–water partition coefficient (Wildman–Crippen LogP) is 1.23. The van der Waals surface area contributed by atoms with Crippen LogP contribution in [-0.2, 0) is 4.79 Å². The molecule has 0 bridgehead atoms. The minimum Gasteiger partial charge on any atom is -0.454 e. The van der Waals surface area contributed by atoms with Crippen LogP contribution in [0.3, 0.4) is 0 Å². The monoisotopic (exact) mass is 360 g/mol. The summed E-state index contributed by atoms with van der Waals surface area (Å²) in [5.74, 6) is 1.43. The molecule has 1 spiro atoms. The lowest BCUT2D eigenvalue weighted by atomic mass is 9.86. The van der Waals surface area contributed by atoms with Crippen molar-refractivity contribution in [3.63, 3.8) is 0 Å². The molecule has 4 rings (SSSR count). The van der Waals surface area contributed by atoms with Gasteiger partial charge in [-0.05, 0) is 32.0 Å². The van der Waals surface area contributed by atoms with Crippen LogP contribution in [0.15, 0.2) is 18.2 Å². The van der Waals surface area contributed by atoms with Crippen molar-refractivity contribution in [3.8, 4) is 11.5 Å². The first kappa shape index (κ1) is 17.0. The van der Waals surface area contributed by atoms with Gasteiger partial charge in [-0.1, -0.05) is 0 Å². The number of urea groups is 1.